The average molecular weight is 293 g/mol. The van der Waals surface area contributed by atoms with Crippen LogP contribution in [0.3, 0.4) is 0 Å². The molecule has 0 N–H and O–H groups in total. The van der Waals surface area contributed by atoms with Crippen molar-refractivity contribution >= 4 is 11.9 Å². The van der Waals surface area contributed by atoms with Crippen molar-refractivity contribution in [3.05, 3.63) is 53.6 Å². The molecule has 0 aliphatic rings. The molecule has 2 aromatic rings. The summed E-state index contributed by atoms with van der Waals surface area (Å²) in [6.45, 7) is 2.35. The minimum absolute atomic E-state index is 0.216. The van der Waals surface area contributed by atoms with Crippen LogP contribution in [-0.2, 0) is 6.42 Å². The normalized spacial score (nSPS) is 10.4. The van der Waals surface area contributed by atoms with Crippen LogP contribution in [0.15, 0.2) is 47.5 Å². The smallest absolute Gasteiger partial charge is 0.162 e. The van der Waals surface area contributed by atoms with Gasteiger partial charge in [0, 0.05) is 6.21 Å². The summed E-state index contributed by atoms with van der Waals surface area (Å²) in [5.41, 5.74) is 3.16. The summed E-state index contributed by atoms with van der Waals surface area (Å²) >= 11 is 0. The van der Waals surface area contributed by atoms with Crippen LogP contribution in [-0.4, -0.2) is 19.9 Å². The molecule has 2 aromatic carbocycles. The molecule has 0 aliphatic heterocycles. The highest BCUT2D eigenvalue weighted by Crippen LogP contribution is 2.27. The van der Waals surface area contributed by atoms with Crippen LogP contribution < -0.4 is 9.47 Å². The Kier molecular flexibility index (Phi) is 5.62. The van der Waals surface area contributed by atoms with Gasteiger partial charge >= 0.3 is 0 Å². The van der Waals surface area contributed by atoms with E-state index in [-0.39, 0.29) is 6.61 Å². The van der Waals surface area contributed by atoms with E-state index in [9.17, 15) is 0 Å². The molecule has 22 heavy (non-hydrogen) atoms. The Morgan fingerprint density at radius 2 is 1.91 bits per heavy atom. The molecule has 0 bridgehead atoms. The number of hydrogen-bond donors (Lipinski definition) is 0. The largest absolute Gasteiger partial charge is 0.493 e. The van der Waals surface area contributed by atoms with Gasteiger partial charge in [-0.2, -0.15) is 0 Å². The highest BCUT2D eigenvalue weighted by Gasteiger charge is 2.04. The van der Waals surface area contributed by atoms with Crippen LogP contribution >= 0.6 is 0 Å². The lowest BCUT2D eigenvalue weighted by atomic mass is 10.1. The van der Waals surface area contributed by atoms with E-state index in [0.717, 1.165) is 17.7 Å². The van der Waals surface area contributed by atoms with Crippen molar-refractivity contribution in [3.8, 4) is 23.8 Å². The van der Waals surface area contributed by atoms with Gasteiger partial charge in [-0.05, 0) is 47.9 Å². The van der Waals surface area contributed by atoms with Crippen molar-refractivity contribution in [1.82, 2.24) is 0 Å². The minimum atomic E-state index is 0.216. The van der Waals surface area contributed by atoms with E-state index in [1.165, 1.54) is 5.56 Å². The Hall–Kier alpha value is -2.73. The zero-order chi connectivity index (χ0) is 15.8. The van der Waals surface area contributed by atoms with Gasteiger partial charge in [0.15, 0.2) is 11.5 Å². The fourth-order valence-electron chi connectivity index (χ4n) is 1.97. The second-order valence-electron chi connectivity index (χ2n) is 4.68. The molecule has 0 unspecified atom stereocenters. The number of methoxy groups -OCH3 is 1. The van der Waals surface area contributed by atoms with Crippen molar-refractivity contribution in [2.75, 3.05) is 13.7 Å². The zero-order valence-corrected chi connectivity index (χ0v) is 12.9. The number of rotatable bonds is 6. The molecule has 0 aliphatic carbocycles. The van der Waals surface area contributed by atoms with E-state index in [0.29, 0.717) is 11.5 Å². The Labute approximate surface area is 131 Å². The van der Waals surface area contributed by atoms with E-state index >= 15 is 0 Å². The van der Waals surface area contributed by atoms with E-state index in [4.69, 9.17) is 15.9 Å². The van der Waals surface area contributed by atoms with Crippen LogP contribution in [0.25, 0.3) is 0 Å². The van der Waals surface area contributed by atoms with Gasteiger partial charge in [0.05, 0.1) is 12.8 Å². The molecule has 2 rings (SSSR count). The van der Waals surface area contributed by atoms with Gasteiger partial charge in [-0.25, -0.2) is 0 Å². The number of nitrogens with zero attached hydrogens (tertiary/aromatic N) is 1. The van der Waals surface area contributed by atoms with Gasteiger partial charge in [0.2, 0.25) is 0 Å². The standard InChI is InChI=1S/C19H19NO2/c1-4-12-22-18-11-8-16(13-19(18)21-3)14-20-17-9-6-15(5-2)7-10-17/h1,6-11,13-14H,5,12H2,2-3H3. The molecule has 0 saturated heterocycles. The van der Waals surface area contributed by atoms with Crippen molar-refractivity contribution in [2.45, 2.75) is 13.3 Å². The monoisotopic (exact) mass is 293 g/mol. The Morgan fingerprint density at radius 1 is 1.14 bits per heavy atom. The molecule has 3 nitrogen and oxygen atoms in total. The van der Waals surface area contributed by atoms with Crippen LogP contribution in [0, 0.1) is 12.3 Å². The third-order valence-electron chi connectivity index (χ3n) is 3.21. The average Bonchev–Trinajstić information content (AvgIpc) is 2.58. The molecule has 0 spiro atoms. The number of aliphatic imine (C=N–C) groups is 1. The SMILES string of the molecule is C#CCOc1ccc(C=Nc2ccc(CC)cc2)cc1OC. The Balaban J connectivity index is 2.14. The molecule has 3 heteroatoms. The van der Waals surface area contributed by atoms with Crippen molar-refractivity contribution < 1.29 is 9.47 Å². The van der Waals surface area contributed by atoms with Gasteiger partial charge < -0.3 is 9.47 Å². The number of terminal acetylenes is 1. The molecule has 0 fully saturated rings. The van der Waals surface area contributed by atoms with Gasteiger partial charge in [-0.1, -0.05) is 25.0 Å². The molecule has 0 amide bonds. The number of ether oxygens (including phenoxy) is 2. The molecular weight excluding hydrogens is 274 g/mol. The first-order valence-corrected chi connectivity index (χ1v) is 7.14. The fraction of sp³-hybridized carbons (Fsp3) is 0.211. The van der Waals surface area contributed by atoms with E-state index in [1.807, 2.05) is 30.3 Å². The first-order valence-electron chi connectivity index (χ1n) is 7.14. The number of hydrogen-bond acceptors (Lipinski definition) is 3. The summed E-state index contributed by atoms with van der Waals surface area (Å²) in [5.74, 6) is 3.70. The van der Waals surface area contributed by atoms with Crippen LogP contribution in [0.1, 0.15) is 18.1 Å². The summed E-state index contributed by atoms with van der Waals surface area (Å²) in [6, 6.07) is 13.8. The lowest BCUT2D eigenvalue weighted by Crippen LogP contribution is -1.97. The first kappa shape index (κ1) is 15.7. The van der Waals surface area contributed by atoms with Gasteiger partial charge in [0.1, 0.15) is 6.61 Å². The zero-order valence-electron chi connectivity index (χ0n) is 12.9. The predicted molar refractivity (Wildman–Crippen MR) is 90.4 cm³/mol. The summed E-state index contributed by atoms with van der Waals surface area (Å²) < 4.78 is 10.7. The quantitative estimate of drug-likeness (QED) is 0.595. The van der Waals surface area contributed by atoms with Gasteiger partial charge in [-0.3, -0.25) is 4.99 Å². The molecule has 0 radical (unpaired) electrons. The van der Waals surface area contributed by atoms with E-state index < -0.39 is 0 Å². The van der Waals surface area contributed by atoms with E-state index in [2.05, 4.69) is 30.0 Å². The first-order chi connectivity index (χ1) is 10.8. The minimum Gasteiger partial charge on any atom is -0.493 e. The van der Waals surface area contributed by atoms with Crippen molar-refractivity contribution in [2.24, 2.45) is 4.99 Å². The summed E-state index contributed by atoms with van der Waals surface area (Å²) in [6.07, 6.45) is 8.02. The van der Waals surface area contributed by atoms with Crippen molar-refractivity contribution in [1.29, 1.82) is 0 Å². The fourth-order valence-corrected chi connectivity index (χ4v) is 1.97. The number of aryl methyl sites for hydroxylation is 1. The lowest BCUT2D eigenvalue weighted by Gasteiger charge is -2.09. The second kappa shape index (κ2) is 7.90. The topological polar surface area (TPSA) is 30.8 Å². The molecule has 112 valence electrons. The predicted octanol–water partition coefficient (Wildman–Crippen LogP) is 4.02. The van der Waals surface area contributed by atoms with Crippen LogP contribution in [0.4, 0.5) is 5.69 Å². The maximum Gasteiger partial charge on any atom is 0.162 e. The molecule has 0 saturated carbocycles. The Morgan fingerprint density at radius 3 is 2.55 bits per heavy atom. The number of benzene rings is 2. The van der Waals surface area contributed by atoms with Crippen molar-refractivity contribution in [3.63, 3.8) is 0 Å². The molecule has 0 heterocycles. The lowest BCUT2D eigenvalue weighted by molar-refractivity contribution is 0.331. The van der Waals surface area contributed by atoms with Crippen LogP contribution in [0.5, 0.6) is 11.5 Å². The van der Waals surface area contributed by atoms with Gasteiger partial charge in [-0.15, -0.1) is 6.42 Å². The second-order valence-corrected chi connectivity index (χ2v) is 4.68. The molecule has 0 aromatic heterocycles. The molecular formula is C19H19NO2. The van der Waals surface area contributed by atoms with E-state index in [1.54, 1.807) is 13.3 Å². The third kappa shape index (κ3) is 4.13. The molecule has 0 atom stereocenters. The highest BCUT2D eigenvalue weighted by molar-refractivity contribution is 5.83. The van der Waals surface area contributed by atoms with Crippen LogP contribution in [0.2, 0.25) is 0 Å². The summed E-state index contributed by atoms with van der Waals surface area (Å²) in [7, 11) is 1.60. The summed E-state index contributed by atoms with van der Waals surface area (Å²) in [5, 5.41) is 0. The highest BCUT2D eigenvalue weighted by atomic mass is 16.5. The maximum atomic E-state index is 5.41. The Bertz CT molecular complexity index is 682. The van der Waals surface area contributed by atoms with Gasteiger partial charge in [0.25, 0.3) is 0 Å². The summed E-state index contributed by atoms with van der Waals surface area (Å²) in [4.78, 5) is 4.47. The maximum absolute atomic E-state index is 5.41. The third-order valence-corrected chi connectivity index (χ3v) is 3.21.